The fraction of sp³-hybridized carbons (Fsp3) is 0. The molecule has 2 heterocycles. The van der Waals surface area contributed by atoms with Crippen LogP contribution in [0.5, 0.6) is 0 Å². The van der Waals surface area contributed by atoms with E-state index in [-0.39, 0.29) is 0 Å². The van der Waals surface area contributed by atoms with Gasteiger partial charge < -0.3 is 8.98 Å². The topological polar surface area (TPSA) is 18.1 Å². The van der Waals surface area contributed by atoms with Gasteiger partial charge in [0, 0.05) is 17.4 Å². The van der Waals surface area contributed by atoms with Crippen LogP contribution in [0.15, 0.2) is 95.7 Å². The lowest BCUT2D eigenvalue weighted by atomic mass is 10.1. The monoisotopic (exact) mass is 285 g/mol. The van der Waals surface area contributed by atoms with E-state index in [9.17, 15) is 0 Å². The highest BCUT2D eigenvalue weighted by Crippen LogP contribution is 2.35. The van der Waals surface area contributed by atoms with Crippen LogP contribution in [0.2, 0.25) is 0 Å². The molecule has 2 aromatic carbocycles. The molecule has 0 aliphatic rings. The van der Waals surface area contributed by atoms with Crippen LogP contribution >= 0.6 is 0 Å². The summed E-state index contributed by atoms with van der Waals surface area (Å²) in [6, 6.07) is 26.8. The first kappa shape index (κ1) is 12.7. The second-order valence-electron chi connectivity index (χ2n) is 5.13. The zero-order valence-corrected chi connectivity index (χ0v) is 12.0. The third-order valence-corrected chi connectivity index (χ3v) is 3.76. The van der Waals surface area contributed by atoms with Gasteiger partial charge in [-0.15, -0.1) is 0 Å². The number of para-hydroxylation sites is 1. The fourth-order valence-corrected chi connectivity index (χ4v) is 2.75. The maximum absolute atomic E-state index is 5.68. The Morgan fingerprint density at radius 1 is 0.682 bits per heavy atom. The standard InChI is InChI=1S/C20H15NO/c1-3-8-16(9-4-1)18-13-14-21(17-10-5-2-6-11-17)20(18)19-12-7-15-22-19/h1-15H. The largest absolute Gasteiger partial charge is 0.463 e. The van der Waals surface area contributed by atoms with Crippen LogP contribution in [0.25, 0.3) is 28.3 Å². The highest BCUT2D eigenvalue weighted by molar-refractivity contribution is 5.81. The third kappa shape index (κ3) is 2.15. The third-order valence-electron chi connectivity index (χ3n) is 3.76. The molecule has 4 aromatic rings. The van der Waals surface area contributed by atoms with Crippen molar-refractivity contribution in [2.24, 2.45) is 0 Å². The summed E-state index contributed by atoms with van der Waals surface area (Å²) in [5.74, 6) is 0.868. The summed E-state index contributed by atoms with van der Waals surface area (Å²) in [6.07, 6.45) is 3.81. The summed E-state index contributed by atoms with van der Waals surface area (Å²) in [5.41, 5.74) is 4.54. The van der Waals surface area contributed by atoms with Gasteiger partial charge in [0.1, 0.15) is 0 Å². The van der Waals surface area contributed by atoms with E-state index in [1.807, 2.05) is 36.4 Å². The molecule has 2 nitrogen and oxygen atoms in total. The minimum Gasteiger partial charge on any atom is -0.463 e. The summed E-state index contributed by atoms with van der Waals surface area (Å²) >= 11 is 0. The predicted octanol–water partition coefficient (Wildman–Crippen LogP) is 5.40. The molecule has 0 saturated carbocycles. The van der Waals surface area contributed by atoms with E-state index in [4.69, 9.17) is 4.42 Å². The van der Waals surface area contributed by atoms with Gasteiger partial charge in [0.15, 0.2) is 5.76 Å². The first-order chi connectivity index (χ1) is 10.9. The first-order valence-corrected chi connectivity index (χ1v) is 7.29. The SMILES string of the molecule is c1ccc(-c2ccn(-c3ccccc3)c2-c2ccco2)cc1. The number of nitrogens with zero attached hydrogens (tertiary/aromatic N) is 1. The lowest BCUT2D eigenvalue weighted by Gasteiger charge is -2.10. The normalized spacial score (nSPS) is 10.7. The smallest absolute Gasteiger partial charge is 0.151 e. The van der Waals surface area contributed by atoms with Crippen molar-refractivity contribution in [2.45, 2.75) is 0 Å². The summed E-state index contributed by atoms with van der Waals surface area (Å²) in [4.78, 5) is 0. The number of aromatic nitrogens is 1. The maximum atomic E-state index is 5.68. The molecule has 0 aliphatic carbocycles. The van der Waals surface area contributed by atoms with Gasteiger partial charge in [-0.3, -0.25) is 0 Å². The van der Waals surface area contributed by atoms with Crippen molar-refractivity contribution in [3.8, 4) is 28.3 Å². The summed E-state index contributed by atoms with van der Waals surface area (Å²) < 4.78 is 7.85. The number of furan rings is 1. The molecule has 2 heteroatoms. The van der Waals surface area contributed by atoms with Crippen LogP contribution in [0.3, 0.4) is 0 Å². The molecule has 22 heavy (non-hydrogen) atoms. The van der Waals surface area contributed by atoms with Crippen molar-refractivity contribution in [1.29, 1.82) is 0 Å². The molecule has 0 spiro atoms. The molecule has 2 aromatic heterocycles. The predicted molar refractivity (Wildman–Crippen MR) is 88.9 cm³/mol. The molecule has 0 aliphatic heterocycles. The highest BCUT2D eigenvalue weighted by atomic mass is 16.3. The van der Waals surface area contributed by atoms with Gasteiger partial charge in [-0.2, -0.15) is 0 Å². The van der Waals surface area contributed by atoms with Gasteiger partial charge in [0.25, 0.3) is 0 Å². The Bertz CT molecular complexity index is 802. The molecule has 0 saturated heterocycles. The summed E-state index contributed by atoms with van der Waals surface area (Å²) in [6.45, 7) is 0. The Labute approximate surface area is 129 Å². The Kier molecular flexibility index (Phi) is 3.13. The van der Waals surface area contributed by atoms with E-state index < -0.39 is 0 Å². The molecule has 0 bridgehead atoms. The van der Waals surface area contributed by atoms with Crippen molar-refractivity contribution < 1.29 is 4.42 Å². The van der Waals surface area contributed by atoms with Crippen molar-refractivity contribution in [2.75, 3.05) is 0 Å². The van der Waals surface area contributed by atoms with Gasteiger partial charge in [0.2, 0.25) is 0 Å². The number of hydrogen-bond donors (Lipinski definition) is 0. The molecule has 0 N–H and O–H groups in total. The van der Waals surface area contributed by atoms with E-state index >= 15 is 0 Å². The number of benzene rings is 2. The van der Waals surface area contributed by atoms with Crippen LogP contribution in [-0.2, 0) is 0 Å². The first-order valence-electron chi connectivity index (χ1n) is 7.29. The Hall–Kier alpha value is -3.00. The van der Waals surface area contributed by atoms with Crippen molar-refractivity contribution in [3.05, 3.63) is 91.3 Å². The highest BCUT2D eigenvalue weighted by Gasteiger charge is 2.16. The molecular formula is C20H15NO. The van der Waals surface area contributed by atoms with Crippen molar-refractivity contribution in [1.82, 2.24) is 4.57 Å². The van der Waals surface area contributed by atoms with Crippen LogP contribution in [0, 0.1) is 0 Å². The van der Waals surface area contributed by atoms with E-state index in [2.05, 4.69) is 53.2 Å². The van der Waals surface area contributed by atoms with E-state index in [0.29, 0.717) is 0 Å². The molecule has 0 amide bonds. The van der Waals surface area contributed by atoms with Gasteiger partial charge in [-0.25, -0.2) is 0 Å². The minimum atomic E-state index is 0.868. The quantitative estimate of drug-likeness (QED) is 0.492. The van der Waals surface area contributed by atoms with Gasteiger partial charge in [-0.1, -0.05) is 48.5 Å². The average Bonchev–Trinajstić information content (AvgIpc) is 3.25. The summed E-state index contributed by atoms with van der Waals surface area (Å²) in [7, 11) is 0. The summed E-state index contributed by atoms with van der Waals surface area (Å²) in [5, 5.41) is 0. The average molecular weight is 285 g/mol. The Morgan fingerprint density at radius 3 is 2.09 bits per heavy atom. The number of rotatable bonds is 3. The fourth-order valence-electron chi connectivity index (χ4n) is 2.75. The molecule has 0 fully saturated rings. The molecular weight excluding hydrogens is 270 g/mol. The van der Waals surface area contributed by atoms with Gasteiger partial charge in [-0.05, 0) is 35.9 Å². The Morgan fingerprint density at radius 2 is 1.41 bits per heavy atom. The molecule has 0 radical (unpaired) electrons. The lowest BCUT2D eigenvalue weighted by molar-refractivity contribution is 0.579. The lowest BCUT2D eigenvalue weighted by Crippen LogP contribution is -1.95. The zero-order chi connectivity index (χ0) is 14.8. The van der Waals surface area contributed by atoms with Gasteiger partial charge in [0.05, 0.1) is 12.0 Å². The van der Waals surface area contributed by atoms with Crippen molar-refractivity contribution >= 4 is 0 Å². The molecule has 106 valence electrons. The van der Waals surface area contributed by atoms with Crippen LogP contribution in [0.1, 0.15) is 0 Å². The van der Waals surface area contributed by atoms with Gasteiger partial charge >= 0.3 is 0 Å². The molecule has 0 atom stereocenters. The maximum Gasteiger partial charge on any atom is 0.151 e. The second-order valence-corrected chi connectivity index (χ2v) is 5.13. The second kappa shape index (κ2) is 5.41. The zero-order valence-electron chi connectivity index (χ0n) is 12.0. The van der Waals surface area contributed by atoms with Crippen LogP contribution < -0.4 is 0 Å². The van der Waals surface area contributed by atoms with E-state index in [1.165, 1.54) is 11.1 Å². The van der Waals surface area contributed by atoms with E-state index in [1.54, 1.807) is 6.26 Å². The van der Waals surface area contributed by atoms with Crippen LogP contribution in [-0.4, -0.2) is 4.57 Å². The number of hydrogen-bond acceptors (Lipinski definition) is 1. The Balaban J connectivity index is 1.96. The van der Waals surface area contributed by atoms with Crippen molar-refractivity contribution in [3.63, 3.8) is 0 Å². The molecule has 0 unspecified atom stereocenters. The molecule has 4 rings (SSSR count). The van der Waals surface area contributed by atoms with Crippen LogP contribution in [0.4, 0.5) is 0 Å². The van der Waals surface area contributed by atoms with E-state index in [0.717, 1.165) is 17.1 Å². The minimum absolute atomic E-state index is 0.868.